The summed E-state index contributed by atoms with van der Waals surface area (Å²) < 4.78 is 33.6. The number of nitrogens with zero attached hydrogens (tertiary/aromatic N) is 1. The summed E-state index contributed by atoms with van der Waals surface area (Å²) in [5.41, 5.74) is -0.116. The van der Waals surface area contributed by atoms with Crippen LogP contribution in [0.5, 0.6) is 17.2 Å². The van der Waals surface area contributed by atoms with Crippen LogP contribution in [0.1, 0.15) is 82.1 Å². The monoisotopic (exact) mass is 626 g/mol. The van der Waals surface area contributed by atoms with Crippen molar-refractivity contribution in [3.8, 4) is 17.2 Å². The van der Waals surface area contributed by atoms with E-state index in [4.69, 9.17) is 28.4 Å². The smallest absolute Gasteiger partial charge is 0.334 e. The van der Waals surface area contributed by atoms with Gasteiger partial charge in [-0.1, -0.05) is 56.7 Å². The van der Waals surface area contributed by atoms with Gasteiger partial charge in [0.05, 0.1) is 7.11 Å². The standard InChI is InChI=1S/C34H46N2O9/c1-4-41-21-29(37)42-22-43-32-28(40-3)18-19-35-30(32)33(38)36-27-17-11-10-14-25(20-24-12-8-9-13-24)31(23(2)44-34(27)39)45-26-15-6-5-7-16-26/h5-7,15-16,18-19,23-25,27,31H,4,8-14,17,20-22H2,1-3H3,(H,36,38)/t23-,25+,27-,31-/m0/s1. The average Bonchev–Trinajstić information content (AvgIpc) is 3.56. The van der Waals surface area contributed by atoms with E-state index in [0.717, 1.165) is 31.4 Å². The van der Waals surface area contributed by atoms with Crippen LogP contribution in [0.3, 0.4) is 0 Å². The van der Waals surface area contributed by atoms with Gasteiger partial charge in [0.25, 0.3) is 5.91 Å². The van der Waals surface area contributed by atoms with Crippen LogP contribution in [-0.2, 0) is 23.8 Å². The maximum atomic E-state index is 13.6. The van der Waals surface area contributed by atoms with E-state index in [2.05, 4.69) is 10.3 Å². The SMILES string of the molecule is CCOCC(=O)OCOc1c(OC)ccnc1C(=O)N[C@H]1CCCC[C@H](CC2CCCC2)[C@@H](Oc2ccccc2)[C@H](C)OC1=O. The summed E-state index contributed by atoms with van der Waals surface area (Å²) in [5, 5.41) is 2.79. The van der Waals surface area contributed by atoms with E-state index in [1.807, 2.05) is 37.3 Å². The maximum Gasteiger partial charge on any atom is 0.334 e. The highest BCUT2D eigenvalue weighted by Crippen LogP contribution is 2.36. The molecule has 1 amide bonds. The van der Waals surface area contributed by atoms with E-state index < -0.39 is 36.8 Å². The molecule has 0 radical (unpaired) electrons. The van der Waals surface area contributed by atoms with E-state index in [0.29, 0.717) is 18.9 Å². The zero-order chi connectivity index (χ0) is 32.0. The van der Waals surface area contributed by atoms with Crippen molar-refractivity contribution in [3.63, 3.8) is 0 Å². The molecule has 45 heavy (non-hydrogen) atoms. The first-order valence-corrected chi connectivity index (χ1v) is 16.0. The topological polar surface area (TPSA) is 132 Å². The molecule has 1 aromatic carbocycles. The molecule has 1 N–H and O–H groups in total. The largest absolute Gasteiger partial charge is 0.493 e. The molecule has 11 nitrogen and oxygen atoms in total. The van der Waals surface area contributed by atoms with Crippen LogP contribution >= 0.6 is 0 Å². The molecular weight excluding hydrogens is 580 g/mol. The van der Waals surface area contributed by atoms with Gasteiger partial charge < -0.3 is 33.7 Å². The Morgan fingerprint density at radius 1 is 1.02 bits per heavy atom. The van der Waals surface area contributed by atoms with Crippen LogP contribution in [-0.4, -0.2) is 68.2 Å². The summed E-state index contributed by atoms with van der Waals surface area (Å²) in [6.07, 6.45) is 9.53. The van der Waals surface area contributed by atoms with Gasteiger partial charge in [0.1, 0.15) is 30.6 Å². The second kappa shape index (κ2) is 17.6. The van der Waals surface area contributed by atoms with Crippen LogP contribution in [0.4, 0.5) is 0 Å². The molecule has 2 fully saturated rings. The number of hydrogen-bond acceptors (Lipinski definition) is 10. The highest BCUT2D eigenvalue weighted by atomic mass is 16.7. The number of para-hydroxylation sites is 1. The first-order chi connectivity index (χ1) is 21.9. The molecule has 0 bridgehead atoms. The summed E-state index contributed by atoms with van der Waals surface area (Å²) in [6, 6.07) is 10.2. The van der Waals surface area contributed by atoms with Crippen LogP contribution in [0, 0.1) is 11.8 Å². The summed E-state index contributed by atoms with van der Waals surface area (Å²) in [6.45, 7) is 3.28. The van der Waals surface area contributed by atoms with Crippen LogP contribution in [0.2, 0.25) is 0 Å². The molecule has 0 spiro atoms. The molecule has 2 aliphatic rings. The zero-order valence-corrected chi connectivity index (χ0v) is 26.5. The Morgan fingerprint density at radius 2 is 1.76 bits per heavy atom. The molecule has 2 aromatic rings. The average molecular weight is 627 g/mol. The Labute approximate surface area is 265 Å². The predicted octanol–water partition coefficient (Wildman–Crippen LogP) is 5.25. The molecule has 1 aliphatic carbocycles. The number of carbonyl (C=O) groups is 3. The summed E-state index contributed by atoms with van der Waals surface area (Å²) in [5.74, 6) is 0.0387. The number of methoxy groups -OCH3 is 1. The minimum atomic E-state index is -0.909. The third kappa shape index (κ3) is 10.1. The van der Waals surface area contributed by atoms with E-state index in [1.165, 1.54) is 45.1 Å². The Morgan fingerprint density at radius 3 is 2.49 bits per heavy atom. The number of carbonyl (C=O) groups excluding carboxylic acids is 3. The molecule has 11 heteroatoms. The second-order valence-corrected chi connectivity index (χ2v) is 11.6. The van der Waals surface area contributed by atoms with Crippen molar-refractivity contribution in [1.29, 1.82) is 0 Å². The number of aromatic nitrogens is 1. The van der Waals surface area contributed by atoms with Gasteiger partial charge in [-0.3, -0.25) is 4.79 Å². The fourth-order valence-corrected chi connectivity index (χ4v) is 6.16. The third-order valence-electron chi connectivity index (χ3n) is 8.41. The Balaban J connectivity index is 1.47. The number of ether oxygens (including phenoxy) is 6. The Bertz CT molecular complexity index is 1240. The molecule has 4 rings (SSSR count). The normalized spacial score (nSPS) is 22.6. The molecule has 0 unspecified atom stereocenters. The van der Waals surface area contributed by atoms with Crippen LogP contribution in [0.15, 0.2) is 42.6 Å². The highest BCUT2D eigenvalue weighted by Gasteiger charge is 2.36. The van der Waals surface area contributed by atoms with Crippen molar-refractivity contribution in [1.82, 2.24) is 10.3 Å². The van der Waals surface area contributed by atoms with E-state index >= 15 is 0 Å². The fourth-order valence-electron chi connectivity index (χ4n) is 6.16. The lowest BCUT2D eigenvalue weighted by Crippen LogP contribution is -2.47. The van der Waals surface area contributed by atoms with Gasteiger partial charge in [0, 0.05) is 18.9 Å². The number of rotatable bonds is 13. The number of amides is 1. The predicted molar refractivity (Wildman–Crippen MR) is 165 cm³/mol. The lowest BCUT2D eigenvalue weighted by atomic mass is 9.83. The van der Waals surface area contributed by atoms with Crippen molar-refractivity contribution in [2.45, 2.75) is 89.9 Å². The van der Waals surface area contributed by atoms with Gasteiger partial charge >= 0.3 is 11.9 Å². The second-order valence-electron chi connectivity index (χ2n) is 11.6. The number of esters is 2. The first kappa shape index (κ1) is 34.0. The van der Waals surface area contributed by atoms with Crippen molar-refractivity contribution in [2.24, 2.45) is 11.8 Å². The maximum absolute atomic E-state index is 13.6. The minimum absolute atomic E-state index is 0.0191. The lowest BCUT2D eigenvalue weighted by Gasteiger charge is -2.35. The van der Waals surface area contributed by atoms with E-state index in [-0.39, 0.29) is 35.8 Å². The highest BCUT2D eigenvalue weighted by molar-refractivity contribution is 5.98. The van der Waals surface area contributed by atoms with Crippen molar-refractivity contribution in [3.05, 3.63) is 48.3 Å². The molecule has 4 atom stereocenters. The lowest BCUT2D eigenvalue weighted by molar-refractivity contribution is -0.158. The number of pyridine rings is 1. The molecule has 1 saturated heterocycles. The Hall–Kier alpha value is -3.86. The van der Waals surface area contributed by atoms with Gasteiger partial charge in [-0.2, -0.15) is 0 Å². The van der Waals surface area contributed by atoms with Gasteiger partial charge in [-0.05, 0) is 57.1 Å². The van der Waals surface area contributed by atoms with Crippen molar-refractivity contribution in [2.75, 3.05) is 27.1 Å². The van der Waals surface area contributed by atoms with E-state index in [9.17, 15) is 14.4 Å². The number of benzene rings is 1. The third-order valence-corrected chi connectivity index (χ3v) is 8.41. The minimum Gasteiger partial charge on any atom is -0.493 e. The molecule has 1 aliphatic heterocycles. The van der Waals surface area contributed by atoms with Crippen molar-refractivity contribution < 1.29 is 42.8 Å². The fraction of sp³-hybridized carbons (Fsp3) is 0.588. The zero-order valence-electron chi connectivity index (χ0n) is 26.5. The molecule has 246 valence electrons. The summed E-state index contributed by atoms with van der Waals surface area (Å²) >= 11 is 0. The van der Waals surface area contributed by atoms with Gasteiger partial charge in [-0.25, -0.2) is 14.6 Å². The Kier molecular flexibility index (Phi) is 13.3. The molecule has 1 saturated carbocycles. The molecule has 1 aromatic heterocycles. The quantitative estimate of drug-likeness (QED) is 0.232. The first-order valence-electron chi connectivity index (χ1n) is 16.0. The van der Waals surface area contributed by atoms with Gasteiger partial charge in [0.2, 0.25) is 6.79 Å². The van der Waals surface area contributed by atoms with Gasteiger partial charge in [-0.15, -0.1) is 0 Å². The van der Waals surface area contributed by atoms with Gasteiger partial charge in [0.15, 0.2) is 17.2 Å². The summed E-state index contributed by atoms with van der Waals surface area (Å²) in [4.78, 5) is 43.1. The molecule has 2 heterocycles. The van der Waals surface area contributed by atoms with Crippen LogP contribution in [0.25, 0.3) is 0 Å². The van der Waals surface area contributed by atoms with Crippen molar-refractivity contribution >= 4 is 17.8 Å². The summed E-state index contributed by atoms with van der Waals surface area (Å²) in [7, 11) is 1.42. The number of cyclic esters (lactones) is 1. The molecular formula is C34H46N2O9. The van der Waals surface area contributed by atoms with E-state index in [1.54, 1.807) is 6.92 Å². The number of nitrogens with one attached hydrogen (secondary N) is 1. The van der Waals surface area contributed by atoms with Crippen LogP contribution < -0.4 is 19.5 Å². The number of hydrogen-bond donors (Lipinski definition) is 1.